The summed E-state index contributed by atoms with van der Waals surface area (Å²) >= 11 is 0. The normalized spacial score (nSPS) is 13.1. The quantitative estimate of drug-likeness (QED) is 0.585. The van der Waals surface area contributed by atoms with Gasteiger partial charge in [-0.1, -0.05) is 12.1 Å². The van der Waals surface area contributed by atoms with E-state index in [1.165, 1.54) is 18.1 Å². The zero-order valence-electron chi connectivity index (χ0n) is 17.0. The van der Waals surface area contributed by atoms with Crippen molar-refractivity contribution < 1.29 is 22.7 Å². The Morgan fingerprint density at radius 1 is 1.16 bits per heavy atom. The molecule has 0 atom stereocenters. The lowest BCUT2D eigenvalue weighted by atomic mass is 10.0. The van der Waals surface area contributed by atoms with E-state index in [9.17, 15) is 18.0 Å². The van der Waals surface area contributed by atoms with E-state index in [1.807, 2.05) is 37.3 Å². The molecule has 160 valence electrons. The van der Waals surface area contributed by atoms with Crippen molar-refractivity contribution in [3.8, 4) is 17.0 Å². The van der Waals surface area contributed by atoms with Crippen LogP contribution in [0.25, 0.3) is 11.3 Å². The molecule has 2 heterocycles. The molecule has 1 aromatic heterocycles. The standard InChI is InChI=1S/C23H20F3N3O2/c1-14-6-7-16(12-17(14)19-5-3-4-9-27-19)28-22(30)29-10-8-15-11-21(31-2)18(13-20(15)29)23(24,25)26/h3-7,9,11-13H,8,10H2,1-2H3,(H,28,30). The van der Waals surface area contributed by atoms with Crippen molar-refractivity contribution in [2.45, 2.75) is 19.5 Å². The number of aromatic nitrogens is 1. The number of hydrogen-bond donors (Lipinski definition) is 1. The number of hydrogen-bond acceptors (Lipinski definition) is 3. The fraction of sp³-hybridized carbons (Fsp3) is 0.217. The second-order valence-electron chi connectivity index (χ2n) is 7.26. The first kappa shape index (κ1) is 20.7. The third-order valence-corrected chi connectivity index (χ3v) is 5.28. The van der Waals surface area contributed by atoms with Crippen LogP contribution in [0.2, 0.25) is 0 Å². The van der Waals surface area contributed by atoms with Crippen LogP contribution < -0.4 is 15.0 Å². The first-order valence-electron chi connectivity index (χ1n) is 9.66. The number of pyridine rings is 1. The van der Waals surface area contributed by atoms with Gasteiger partial charge in [0.25, 0.3) is 0 Å². The van der Waals surface area contributed by atoms with Crippen molar-refractivity contribution >= 4 is 17.4 Å². The second kappa shape index (κ2) is 7.94. The van der Waals surface area contributed by atoms with Crippen LogP contribution in [0.5, 0.6) is 5.75 Å². The number of benzene rings is 2. The number of nitrogens with zero attached hydrogens (tertiary/aromatic N) is 2. The number of aryl methyl sites for hydroxylation is 1. The van der Waals surface area contributed by atoms with Gasteiger partial charge >= 0.3 is 12.2 Å². The average molecular weight is 427 g/mol. The lowest BCUT2D eigenvalue weighted by molar-refractivity contribution is -0.138. The van der Waals surface area contributed by atoms with Gasteiger partial charge in [-0.05, 0) is 60.9 Å². The molecule has 2 amide bonds. The molecule has 3 aromatic rings. The summed E-state index contributed by atoms with van der Waals surface area (Å²) in [6, 6.07) is 12.8. The fourth-order valence-electron chi connectivity index (χ4n) is 3.70. The zero-order chi connectivity index (χ0) is 22.2. The highest BCUT2D eigenvalue weighted by atomic mass is 19.4. The summed E-state index contributed by atoms with van der Waals surface area (Å²) < 4.78 is 45.2. The molecule has 0 saturated heterocycles. The van der Waals surface area contributed by atoms with Crippen LogP contribution >= 0.6 is 0 Å². The van der Waals surface area contributed by atoms with Gasteiger partial charge in [0.1, 0.15) is 5.75 Å². The molecular weight excluding hydrogens is 407 g/mol. The van der Waals surface area contributed by atoms with Gasteiger partial charge in [-0.2, -0.15) is 13.2 Å². The molecule has 0 fully saturated rings. The Balaban J connectivity index is 1.62. The van der Waals surface area contributed by atoms with Crippen LogP contribution in [-0.4, -0.2) is 24.7 Å². The monoisotopic (exact) mass is 427 g/mol. The van der Waals surface area contributed by atoms with E-state index in [2.05, 4.69) is 10.3 Å². The van der Waals surface area contributed by atoms with Crippen molar-refractivity contribution in [3.63, 3.8) is 0 Å². The smallest absolute Gasteiger partial charge is 0.420 e. The number of ether oxygens (including phenoxy) is 1. The molecule has 0 unspecified atom stereocenters. The van der Waals surface area contributed by atoms with Gasteiger partial charge in [0.15, 0.2) is 0 Å². The molecular formula is C23H20F3N3O2. The summed E-state index contributed by atoms with van der Waals surface area (Å²) in [4.78, 5) is 18.6. The molecule has 0 saturated carbocycles. The molecule has 0 aliphatic carbocycles. The van der Waals surface area contributed by atoms with Gasteiger partial charge in [-0.15, -0.1) is 0 Å². The predicted molar refractivity (Wildman–Crippen MR) is 112 cm³/mol. The Morgan fingerprint density at radius 3 is 2.65 bits per heavy atom. The Hall–Kier alpha value is -3.55. The van der Waals surface area contributed by atoms with Crippen LogP contribution in [0.1, 0.15) is 16.7 Å². The number of nitrogens with one attached hydrogen (secondary N) is 1. The Kier molecular flexibility index (Phi) is 5.31. The maximum atomic E-state index is 13.4. The minimum atomic E-state index is -4.58. The second-order valence-corrected chi connectivity index (χ2v) is 7.26. The number of rotatable bonds is 3. The number of halogens is 3. The number of fused-ring (bicyclic) bond motifs is 1. The van der Waals surface area contributed by atoms with Crippen molar-refractivity contribution in [1.82, 2.24) is 4.98 Å². The third-order valence-electron chi connectivity index (χ3n) is 5.28. The third kappa shape index (κ3) is 4.05. The van der Waals surface area contributed by atoms with E-state index >= 15 is 0 Å². The molecule has 1 aliphatic heterocycles. The fourth-order valence-corrected chi connectivity index (χ4v) is 3.70. The molecule has 2 aromatic carbocycles. The number of methoxy groups -OCH3 is 1. The van der Waals surface area contributed by atoms with E-state index in [0.717, 1.165) is 22.9 Å². The van der Waals surface area contributed by atoms with E-state index < -0.39 is 17.8 Å². The minimum Gasteiger partial charge on any atom is -0.496 e. The molecule has 31 heavy (non-hydrogen) atoms. The lowest BCUT2D eigenvalue weighted by Crippen LogP contribution is -2.33. The van der Waals surface area contributed by atoms with Crippen LogP contribution in [0.15, 0.2) is 54.7 Å². The molecule has 0 spiro atoms. The minimum absolute atomic E-state index is 0.239. The molecule has 5 nitrogen and oxygen atoms in total. The van der Waals surface area contributed by atoms with Crippen molar-refractivity contribution in [2.24, 2.45) is 0 Å². The largest absolute Gasteiger partial charge is 0.496 e. The Labute approximate surface area is 177 Å². The molecule has 8 heteroatoms. The van der Waals surface area contributed by atoms with Crippen molar-refractivity contribution in [3.05, 3.63) is 71.4 Å². The summed E-state index contributed by atoms with van der Waals surface area (Å²) in [6.07, 6.45) is -2.45. The highest BCUT2D eigenvalue weighted by molar-refractivity contribution is 6.03. The van der Waals surface area contributed by atoms with Gasteiger partial charge in [-0.3, -0.25) is 9.88 Å². The molecule has 4 rings (SSSR count). The van der Waals surface area contributed by atoms with Crippen LogP contribution in [0, 0.1) is 6.92 Å². The highest BCUT2D eigenvalue weighted by Crippen LogP contribution is 2.42. The van der Waals surface area contributed by atoms with Gasteiger partial charge < -0.3 is 10.1 Å². The van der Waals surface area contributed by atoms with Crippen molar-refractivity contribution in [2.75, 3.05) is 23.9 Å². The number of carbonyl (C=O) groups is 1. The van der Waals surface area contributed by atoms with Crippen molar-refractivity contribution in [1.29, 1.82) is 0 Å². The average Bonchev–Trinajstić information content (AvgIpc) is 3.17. The van der Waals surface area contributed by atoms with Crippen LogP contribution in [0.4, 0.5) is 29.3 Å². The zero-order valence-corrected chi connectivity index (χ0v) is 17.0. The summed E-state index contributed by atoms with van der Waals surface area (Å²) in [5.74, 6) is -0.243. The number of alkyl halides is 3. The summed E-state index contributed by atoms with van der Waals surface area (Å²) in [5.41, 5.74) is 3.13. The Bertz CT molecular complexity index is 1130. The number of amides is 2. The Morgan fingerprint density at radius 2 is 1.97 bits per heavy atom. The predicted octanol–water partition coefficient (Wildman–Crippen LogP) is 5.68. The molecule has 1 aliphatic rings. The number of urea groups is 1. The van der Waals surface area contributed by atoms with E-state index in [-0.39, 0.29) is 18.0 Å². The van der Waals surface area contributed by atoms with Gasteiger partial charge in [0.05, 0.1) is 18.4 Å². The van der Waals surface area contributed by atoms with Crippen LogP contribution in [0.3, 0.4) is 0 Å². The maximum absolute atomic E-state index is 13.4. The SMILES string of the molecule is COc1cc2c(cc1C(F)(F)F)N(C(=O)Nc1ccc(C)c(-c3ccccn3)c1)CC2. The molecule has 0 bridgehead atoms. The number of carbonyl (C=O) groups excluding carboxylic acids is 1. The van der Waals surface area contributed by atoms with E-state index in [4.69, 9.17) is 4.74 Å². The highest BCUT2D eigenvalue weighted by Gasteiger charge is 2.37. The lowest BCUT2D eigenvalue weighted by Gasteiger charge is -2.21. The van der Waals surface area contributed by atoms with Crippen LogP contribution in [-0.2, 0) is 12.6 Å². The van der Waals surface area contributed by atoms with Gasteiger partial charge in [0.2, 0.25) is 0 Å². The van der Waals surface area contributed by atoms with E-state index in [1.54, 1.807) is 12.3 Å². The van der Waals surface area contributed by atoms with E-state index in [0.29, 0.717) is 17.7 Å². The summed E-state index contributed by atoms with van der Waals surface area (Å²) in [6.45, 7) is 2.23. The molecule has 0 radical (unpaired) electrons. The summed E-state index contributed by atoms with van der Waals surface area (Å²) in [5, 5.41) is 2.80. The maximum Gasteiger partial charge on any atom is 0.420 e. The first-order chi connectivity index (χ1) is 14.8. The van der Waals surface area contributed by atoms with Gasteiger partial charge in [0, 0.05) is 29.7 Å². The molecule has 1 N–H and O–H groups in total. The summed E-state index contributed by atoms with van der Waals surface area (Å²) in [7, 11) is 1.20. The van der Waals surface area contributed by atoms with Gasteiger partial charge in [-0.25, -0.2) is 4.79 Å². The number of anilines is 2. The topological polar surface area (TPSA) is 54.5 Å². The first-order valence-corrected chi connectivity index (χ1v) is 9.66.